The van der Waals surface area contributed by atoms with Crippen LogP contribution in [-0.2, 0) is 0 Å². The first-order chi connectivity index (χ1) is 25.2. The standard InChI is InChI=1S/C47H26N4/c1-49-34-27-32(46-38-18-8-6-16-36(38)45(31-13-4-3-5-14-31)37-17-7-9-19-39(37)46)26-33(28-34)47-41(50-2)20-12-22-44(47)51-42-21-11-10-15-35(42)40-25-30(29-48)23-24-43(40)51/h3-28H. The van der Waals surface area contributed by atoms with Crippen LogP contribution in [0.3, 0.4) is 0 Å². The zero-order valence-electron chi connectivity index (χ0n) is 27.3. The summed E-state index contributed by atoms with van der Waals surface area (Å²) in [7, 11) is 0. The molecule has 0 N–H and O–H groups in total. The molecule has 9 rings (SSSR count). The van der Waals surface area contributed by atoms with Crippen molar-refractivity contribution >= 4 is 54.7 Å². The number of fused-ring (bicyclic) bond motifs is 5. The van der Waals surface area contributed by atoms with E-state index in [4.69, 9.17) is 13.1 Å². The molecule has 4 heteroatoms. The Morgan fingerprint density at radius 1 is 0.451 bits per heavy atom. The number of aromatic nitrogens is 1. The number of nitrogens with zero attached hydrogens (tertiary/aromatic N) is 4. The molecule has 9 aromatic rings. The predicted molar refractivity (Wildman–Crippen MR) is 209 cm³/mol. The molecule has 0 fully saturated rings. The van der Waals surface area contributed by atoms with Gasteiger partial charge in [-0.05, 0) is 91.8 Å². The maximum Gasteiger partial charge on any atom is 0.196 e. The molecule has 0 spiro atoms. The van der Waals surface area contributed by atoms with Crippen molar-refractivity contribution < 1.29 is 0 Å². The highest BCUT2D eigenvalue weighted by atomic mass is 15.0. The predicted octanol–water partition coefficient (Wildman–Crippen LogP) is 13.1. The van der Waals surface area contributed by atoms with Gasteiger partial charge in [0.15, 0.2) is 11.4 Å². The van der Waals surface area contributed by atoms with Crippen LogP contribution in [-0.4, -0.2) is 4.57 Å². The zero-order valence-corrected chi connectivity index (χ0v) is 27.3. The van der Waals surface area contributed by atoms with Gasteiger partial charge < -0.3 is 4.57 Å². The summed E-state index contributed by atoms with van der Waals surface area (Å²) < 4.78 is 2.18. The molecule has 0 aliphatic heterocycles. The lowest BCUT2D eigenvalue weighted by molar-refractivity contribution is 1.18. The summed E-state index contributed by atoms with van der Waals surface area (Å²) in [6.07, 6.45) is 0. The summed E-state index contributed by atoms with van der Waals surface area (Å²) in [5.41, 5.74) is 10.2. The van der Waals surface area contributed by atoms with Crippen molar-refractivity contribution in [3.63, 3.8) is 0 Å². The molecule has 4 nitrogen and oxygen atoms in total. The van der Waals surface area contributed by atoms with Gasteiger partial charge in [0.2, 0.25) is 0 Å². The Kier molecular flexibility index (Phi) is 6.93. The van der Waals surface area contributed by atoms with Crippen LogP contribution in [0.15, 0.2) is 158 Å². The smallest absolute Gasteiger partial charge is 0.196 e. The average Bonchev–Trinajstić information content (AvgIpc) is 3.53. The molecule has 0 aliphatic carbocycles. The summed E-state index contributed by atoms with van der Waals surface area (Å²) in [6.45, 7) is 16.5. The van der Waals surface area contributed by atoms with Crippen LogP contribution in [0.25, 0.3) is 92.1 Å². The largest absolute Gasteiger partial charge is 0.310 e. The fraction of sp³-hybridized carbons (Fsp3) is 0. The molecule has 1 heterocycles. The summed E-state index contributed by atoms with van der Waals surface area (Å²) in [5, 5.41) is 16.2. The van der Waals surface area contributed by atoms with Crippen molar-refractivity contribution in [3.05, 3.63) is 186 Å². The first-order valence-corrected chi connectivity index (χ1v) is 16.6. The van der Waals surface area contributed by atoms with Gasteiger partial charge in [-0.3, -0.25) is 0 Å². The molecule has 0 amide bonds. The van der Waals surface area contributed by atoms with E-state index in [9.17, 15) is 5.26 Å². The average molecular weight is 647 g/mol. The fourth-order valence-corrected chi connectivity index (χ4v) is 7.73. The molecule has 1 aromatic heterocycles. The van der Waals surface area contributed by atoms with Crippen molar-refractivity contribution in [2.45, 2.75) is 0 Å². The van der Waals surface area contributed by atoms with Crippen molar-refractivity contribution in [2.24, 2.45) is 0 Å². The van der Waals surface area contributed by atoms with E-state index in [-0.39, 0.29) is 0 Å². The number of hydrogen-bond donors (Lipinski definition) is 0. The summed E-state index contributed by atoms with van der Waals surface area (Å²) >= 11 is 0. The summed E-state index contributed by atoms with van der Waals surface area (Å²) in [5.74, 6) is 0. The quantitative estimate of drug-likeness (QED) is 0.138. The number of para-hydroxylation sites is 1. The van der Waals surface area contributed by atoms with Gasteiger partial charge in [-0.15, -0.1) is 0 Å². The van der Waals surface area contributed by atoms with Crippen molar-refractivity contribution in [3.8, 4) is 45.1 Å². The molecule has 0 aliphatic rings. The Hall–Kier alpha value is -7.45. The molecule has 0 radical (unpaired) electrons. The van der Waals surface area contributed by atoms with Crippen molar-refractivity contribution in [1.29, 1.82) is 5.26 Å². The molecule has 8 aromatic carbocycles. The molecule has 51 heavy (non-hydrogen) atoms. The lowest BCUT2D eigenvalue weighted by Crippen LogP contribution is -1.98. The maximum absolute atomic E-state index is 9.71. The molecule has 0 atom stereocenters. The Balaban J connectivity index is 1.37. The van der Waals surface area contributed by atoms with Crippen LogP contribution >= 0.6 is 0 Å². The van der Waals surface area contributed by atoms with E-state index in [1.165, 1.54) is 5.56 Å². The third kappa shape index (κ3) is 4.66. The minimum absolute atomic E-state index is 0.495. The Morgan fingerprint density at radius 3 is 1.65 bits per heavy atom. The van der Waals surface area contributed by atoms with E-state index in [1.54, 1.807) is 0 Å². The number of benzene rings is 8. The van der Waals surface area contributed by atoms with E-state index in [0.29, 0.717) is 16.9 Å². The highest BCUT2D eigenvalue weighted by Crippen LogP contribution is 2.47. The molecule has 0 saturated carbocycles. The van der Waals surface area contributed by atoms with E-state index in [1.807, 2.05) is 66.7 Å². The Labute approximate surface area is 294 Å². The van der Waals surface area contributed by atoms with Crippen LogP contribution in [0.2, 0.25) is 0 Å². The van der Waals surface area contributed by atoms with Gasteiger partial charge in [-0.25, -0.2) is 9.69 Å². The van der Waals surface area contributed by atoms with Crippen molar-refractivity contribution in [1.82, 2.24) is 4.57 Å². The molecule has 0 saturated heterocycles. The number of nitriles is 1. The monoisotopic (exact) mass is 646 g/mol. The molecule has 234 valence electrons. The first kappa shape index (κ1) is 29.7. The van der Waals surface area contributed by atoms with Crippen LogP contribution < -0.4 is 0 Å². The van der Waals surface area contributed by atoms with Crippen molar-refractivity contribution in [2.75, 3.05) is 0 Å². The minimum atomic E-state index is 0.495. The normalized spacial score (nSPS) is 11.1. The van der Waals surface area contributed by atoms with E-state index in [2.05, 4.69) is 111 Å². The lowest BCUT2D eigenvalue weighted by Gasteiger charge is -2.20. The highest BCUT2D eigenvalue weighted by molar-refractivity contribution is 6.21. The number of rotatable bonds is 4. The van der Waals surface area contributed by atoms with E-state index >= 15 is 0 Å². The third-order valence-electron chi connectivity index (χ3n) is 9.80. The number of hydrogen-bond acceptors (Lipinski definition) is 1. The van der Waals surface area contributed by atoms with Gasteiger partial charge in [-0.2, -0.15) is 5.26 Å². The second-order valence-electron chi connectivity index (χ2n) is 12.6. The van der Waals surface area contributed by atoms with Crippen LogP contribution in [0.5, 0.6) is 0 Å². The SMILES string of the molecule is [C-]#[N+]c1cc(-c2c([N+]#[C-])cccc2-n2c3ccccc3c3cc(C#N)ccc32)cc(-c2c3ccccc3c(-c3ccccc3)c3ccccc23)c1. The third-order valence-corrected chi connectivity index (χ3v) is 9.80. The fourth-order valence-electron chi connectivity index (χ4n) is 7.73. The van der Waals surface area contributed by atoms with Gasteiger partial charge in [0.05, 0.1) is 35.8 Å². The highest BCUT2D eigenvalue weighted by Gasteiger charge is 2.21. The topological polar surface area (TPSA) is 37.4 Å². The molecule has 0 bridgehead atoms. The van der Waals surface area contributed by atoms with Gasteiger partial charge in [0, 0.05) is 22.0 Å². The van der Waals surface area contributed by atoms with Gasteiger partial charge in [0.25, 0.3) is 0 Å². The van der Waals surface area contributed by atoms with Gasteiger partial charge in [0.1, 0.15) is 0 Å². The minimum Gasteiger partial charge on any atom is -0.310 e. The van der Waals surface area contributed by atoms with Crippen LogP contribution in [0.4, 0.5) is 11.4 Å². The van der Waals surface area contributed by atoms with E-state index in [0.717, 1.165) is 76.9 Å². The maximum atomic E-state index is 9.71. The molecular weight excluding hydrogens is 621 g/mol. The van der Waals surface area contributed by atoms with E-state index < -0.39 is 0 Å². The lowest BCUT2D eigenvalue weighted by atomic mass is 9.85. The summed E-state index contributed by atoms with van der Waals surface area (Å²) in [4.78, 5) is 7.99. The first-order valence-electron chi connectivity index (χ1n) is 16.6. The Bertz CT molecular complexity index is 2940. The van der Waals surface area contributed by atoms with Gasteiger partial charge >= 0.3 is 0 Å². The second-order valence-corrected chi connectivity index (χ2v) is 12.6. The molecular formula is C47H26N4. The Morgan fingerprint density at radius 2 is 1.02 bits per heavy atom. The molecule has 0 unspecified atom stereocenters. The van der Waals surface area contributed by atoms with Gasteiger partial charge in [-0.1, -0.05) is 115 Å². The van der Waals surface area contributed by atoms with Crippen LogP contribution in [0, 0.1) is 24.5 Å². The van der Waals surface area contributed by atoms with Crippen LogP contribution in [0.1, 0.15) is 5.56 Å². The zero-order chi connectivity index (χ0) is 34.5. The second kappa shape index (κ2) is 11.9. The summed E-state index contributed by atoms with van der Waals surface area (Å²) in [6, 6.07) is 55.5.